The van der Waals surface area contributed by atoms with Crippen molar-refractivity contribution in [2.75, 3.05) is 6.61 Å². The Morgan fingerprint density at radius 2 is 1.87 bits per heavy atom. The molecule has 0 bridgehead atoms. The van der Waals surface area contributed by atoms with Crippen molar-refractivity contribution in [2.24, 2.45) is 5.41 Å². The van der Waals surface area contributed by atoms with Gasteiger partial charge in [0, 0.05) is 11.6 Å². The first-order valence-corrected chi connectivity index (χ1v) is 6.47. The standard InChI is InChI=1S/C13H25NO/c1-12(2,10-15)14-11-6-9-13(11)7-4-3-5-8-13/h11,14-15H,3-10H2,1-2H3. The molecule has 2 aliphatic rings. The van der Waals surface area contributed by atoms with Crippen LogP contribution in [0.2, 0.25) is 0 Å². The summed E-state index contributed by atoms with van der Waals surface area (Å²) < 4.78 is 0. The molecule has 2 fully saturated rings. The van der Waals surface area contributed by atoms with E-state index in [1.54, 1.807) is 0 Å². The molecule has 0 saturated heterocycles. The van der Waals surface area contributed by atoms with Gasteiger partial charge in [0.05, 0.1) is 6.61 Å². The SMILES string of the molecule is CC(C)(CO)NC1CCC12CCCCC2. The van der Waals surface area contributed by atoms with E-state index < -0.39 is 0 Å². The molecule has 0 aromatic carbocycles. The number of hydrogen-bond donors (Lipinski definition) is 2. The second-order valence-corrected chi connectivity index (χ2v) is 6.20. The van der Waals surface area contributed by atoms with Gasteiger partial charge in [-0.2, -0.15) is 0 Å². The summed E-state index contributed by atoms with van der Waals surface area (Å²) in [7, 11) is 0. The lowest BCUT2D eigenvalue weighted by molar-refractivity contribution is -0.000348. The lowest BCUT2D eigenvalue weighted by Crippen LogP contribution is -2.60. The molecular formula is C13H25NO. The fourth-order valence-corrected chi connectivity index (χ4v) is 3.29. The van der Waals surface area contributed by atoms with Crippen molar-refractivity contribution < 1.29 is 5.11 Å². The van der Waals surface area contributed by atoms with Crippen LogP contribution in [0.4, 0.5) is 0 Å². The smallest absolute Gasteiger partial charge is 0.0607 e. The van der Waals surface area contributed by atoms with Gasteiger partial charge >= 0.3 is 0 Å². The van der Waals surface area contributed by atoms with Crippen LogP contribution in [-0.4, -0.2) is 23.3 Å². The molecule has 1 atom stereocenters. The van der Waals surface area contributed by atoms with Gasteiger partial charge in [-0.1, -0.05) is 19.3 Å². The van der Waals surface area contributed by atoms with Gasteiger partial charge in [-0.3, -0.25) is 0 Å². The normalized spacial score (nSPS) is 30.2. The van der Waals surface area contributed by atoms with Gasteiger partial charge in [-0.05, 0) is 44.9 Å². The van der Waals surface area contributed by atoms with Crippen LogP contribution in [0.25, 0.3) is 0 Å². The summed E-state index contributed by atoms with van der Waals surface area (Å²) >= 11 is 0. The molecule has 15 heavy (non-hydrogen) atoms. The number of aliphatic hydroxyl groups excluding tert-OH is 1. The molecule has 0 aromatic rings. The summed E-state index contributed by atoms with van der Waals surface area (Å²) in [5, 5.41) is 12.9. The molecule has 0 aromatic heterocycles. The van der Waals surface area contributed by atoms with Crippen molar-refractivity contribution in [2.45, 2.75) is 70.4 Å². The van der Waals surface area contributed by atoms with Crippen LogP contribution in [0.15, 0.2) is 0 Å². The minimum Gasteiger partial charge on any atom is -0.394 e. The number of aliphatic hydroxyl groups is 1. The first-order chi connectivity index (χ1) is 7.08. The zero-order valence-corrected chi connectivity index (χ0v) is 10.2. The maximum Gasteiger partial charge on any atom is 0.0607 e. The van der Waals surface area contributed by atoms with Crippen molar-refractivity contribution in [1.82, 2.24) is 5.32 Å². The van der Waals surface area contributed by atoms with Gasteiger partial charge in [-0.25, -0.2) is 0 Å². The van der Waals surface area contributed by atoms with Gasteiger partial charge < -0.3 is 10.4 Å². The minimum atomic E-state index is -0.102. The van der Waals surface area contributed by atoms with E-state index in [0.29, 0.717) is 11.5 Å². The first-order valence-electron chi connectivity index (χ1n) is 6.47. The largest absolute Gasteiger partial charge is 0.394 e. The average Bonchev–Trinajstić information content (AvgIpc) is 2.26. The van der Waals surface area contributed by atoms with E-state index in [4.69, 9.17) is 0 Å². The van der Waals surface area contributed by atoms with Crippen molar-refractivity contribution in [3.63, 3.8) is 0 Å². The van der Waals surface area contributed by atoms with E-state index in [0.717, 1.165) is 0 Å². The molecule has 2 N–H and O–H groups in total. The summed E-state index contributed by atoms with van der Waals surface area (Å²) in [6.07, 6.45) is 9.79. The fraction of sp³-hybridized carbons (Fsp3) is 1.00. The zero-order chi connectivity index (χ0) is 10.9. The Balaban J connectivity index is 1.93. The summed E-state index contributed by atoms with van der Waals surface area (Å²) in [4.78, 5) is 0. The predicted octanol–water partition coefficient (Wildman–Crippen LogP) is 2.46. The molecule has 0 heterocycles. The van der Waals surface area contributed by atoms with E-state index >= 15 is 0 Å². The molecule has 88 valence electrons. The molecule has 2 aliphatic carbocycles. The monoisotopic (exact) mass is 211 g/mol. The Morgan fingerprint density at radius 1 is 1.20 bits per heavy atom. The molecule has 2 heteroatoms. The highest BCUT2D eigenvalue weighted by molar-refractivity contribution is 5.03. The molecule has 0 aliphatic heterocycles. The van der Waals surface area contributed by atoms with Crippen LogP contribution in [0.3, 0.4) is 0 Å². The summed E-state index contributed by atoms with van der Waals surface area (Å²) in [5.41, 5.74) is 0.500. The lowest BCUT2D eigenvalue weighted by atomic mass is 9.57. The maximum atomic E-state index is 9.29. The Hall–Kier alpha value is -0.0800. The van der Waals surface area contributed by atoms with Crippen LogP contribution in [0, 0.1) is 5.41 Å². The van der Waals surface area contributed by atoms with Crippen LogP contribution in [-0.2, 0) is 0 Å². The van der Waals surface area contributed by atoms with E-state index in [2.05, 4.69) is 19.2 Å². The fourth-order valence-electron chi connectivity index (χ4n) is 3.29. The second kappa shape index (κ2) is 4.06. The maximum absolute atomic E-state index is 9.29. The Labute approximate surface area is 93.5 Å². The van der Waals surface area contributed by atoms with Crippen molar-refractivity contribution in [3.8, 4) is 0 Å². The summed E-state index contributed by atoms with van der Waals surface area (Å²) in [6, 6.07) is 0.667. The van der Waals surface area contributed by atoms with Crippen molar-refractivity contribution in [1.29, 1.82) is 0 Å². The molecule has 0 amide bonds. The van der Waals surface area contributed by atoms with E-state index in [1.807, 2.05) is 0 Å². The Bertz CT molecular complexity index is 219. The molecule has 1 spiro atoms. The highest BCUT2D eigenvalue weighted by Crippen LogP contribution is 2.52. The second-order valence-electron chi connectivity index (χ2n) is 6.20. The number of nitrogens with one attached hydrogen (secondary N) is 1. The Kier molecular flexibility index (Phi) is 3.09. The van der Waals surface area contributed by atoms with Crippen LogP contribution in [0.5, 0.6) is 0 Å². The highest BCUT2D eigenvalue weighted by atomic mass is 16.3. The zero-order valence-electron chi connectivity index (χ0n) is 10.2. The van der Waals surface area contributed by atoms with Crippen LogP contribution in [0.1, 0.15) is 58.8 Å². The third kappa shape index (κ3) is 2.21. The topological polar surface area (TPSA) is 32.3 Å². The number of hydrogen-bond acceptors (Lipinski definition) is 2. The molecule has 2 nitrogen and oxygen atoms in total. The number of rotatable bonds is 3. The molecule has 2 rings (SSSR count). The van der Waals surface area contributed by atoms with Crippen LogP contribution < -0.4 is 5.32 Å². The van der Waals surface area contributed by atoms with Gasteiger partial charge in [0.25, 0.3) is 0 Å². The van der Waals surface area contributed by atoms with E-state index in [1.165, 1.54) is 44.9 Å². The first kappa shape index (κ1) is 11.4. The molecular weight excluding hydrogens is 186 g/mol. The van der Waals surface area contributed by atoms with Gasteiger partial charge in [-0.15, -0.1) is 0 Å². The lowest BCUT2D eigenvalue weighted by Gasteiger charge is -2.54. The van der Waals surface area contributed by atoms with Crippen molar-refractivity contribution in [3.05, 3.63) is 0 Å². The molecule has 0 radical (unpaired) electrons. The van der Waals surface area contributed by atoms with Crippen LogP contribution >= 0.6 is 0 Å². The van der Waals surface area contributed by atoms with E-state index in [-0.39, 0.29) is 12.1 Å². The highest BCUT2D eigenvalue weighted by Gasteiger charge is 2.47. The molecule has 2 saturated carbocycles. The minimum absolute atomic E-state index is 0.102. The quantitative estimate of drug-likeness (QED) is 0.751. The third-order valence-corrected chi connectivity index (χ3v) is 4.48. The average molecular weight is 211 g/mol. The predicted molar refractivity (Wildman–Crippen MR) is 62.8 cm³/mol. The van der Waals surface area contributed by atoms with Crippen molar-refractivity contribution >= 4 is 0 Å². The van der Waals surface area contributed by atoms with Gasteiger partial charge in [0.1, 0.15) is 0 Å². The Morgan fingerprint density at radius 3 is 2.33 bits per heavy atom. The summed E-state index contributed by atoms with van der Waals surface area (Å²) in [6.45, 7) is 4.43. The van der Waals surface area contributed by atoms with E-state index in [9.17, 15) is 5.11 Å². The third-order valence-electron chi connectivity index (χ3n) is 4.48. The van der Waals surface area contributed by atoms with Gasteiger partial charge in [0.2, 0.25) is 0 Å². The van der Waals surface area contributed by atoms with Gasteiger partial charge in [0.15, 0.2) is 0 Å². The molecule has 1 unspecified atom stereocenters. The summed E-state index contributed by atoms with van der Waals surface area (Å²) in [5.74, 6) is 0.